The van der Waals surface area contributed by atoms with Crippen LogP contribution in [0.2, 0.25) is 0 Å². The van der Waals surface area contributed by atoms with Gasteiger partial charge in [-0.15, -0.1) is 51.4 Å². The van der Waals surface area contributed by atoms with Gasteiger partial charge in [-0.3, -0.25) is 0 Å². The van der Waals surface area contributed by atoms with Crippen LogP contribution in [0.1, 0.15) is 20.8 Å². The topological polar surface area (TPSA) is 23.8 Å². The van der Waals surface area contributed by atoms with Crippen molar-refractivity contribution in [1.82, 2.24) is 0 Å². The summed E-state index contributed by atoms with van der Waals surface area (Å²) in [5.74, 6) is 0. The first kappa shape index (κ1) is 25.8. The molecule has 24 heavy (non-hydrogen) atoms. The van der Waals surface area contributed by atoms with Crippen molar-refractivity contribution < 1.29 is 46.5 Å². The quantitative estimate of drug-likeness (QED) is 0.355. The van der Waals surface area contributed by atoms with Gasteiger partial charge in [0, 0.05) is 10.2 Å². The SMILES string of the molecule is CC([SiH3])=CC(C)(C)[NH-].[Cl-].[Cl-].[Ti+4].c1ccc2c(c1)[cH-]c1ccccc12. The van der Waals surface area contributed by atoms with E-state index in [1.54, 1.807) is 0 Å². The third-order valence-electron chi connectivity index (χ3n) is 3.17. The Kier molecular flexibility index (Phi) is 12.0. The van der Waals surface area contributed by atoms with E-state index < -0.39 is 0 Å². The molecule has 0 aliphatic carbocycles. The van der Waals surface area contributed by atoms with E-state index in [9.17, 15) is 0 Å². The Labute approximate surface area is 175 Å². The van der Waals surface area contributed by atoms with Gasteiger partial charge in [-0.2, -0.15) is 0 Å². The molecule has 0 unspecified atom stereocenters. The molecule has 0 aliphatic heterocycles. The zero-order valence-corrected chi connectivity index (χ0v) is 19.6. The summed E-state index contributed by atoms with van der Waals surface area (Å²) in [5.41, 5.74) is 7.05. The fourth-order valence-corrected chi connectivity index (χ4v) is 3.35. The first-order valence-electron chi connectivity index (χ1n) is 7.31. The first-order valence-corrected chi connectivity index (χ1v) is 8.31. The Balaban J connectivity index is 0. The fraction of sp³-hybridized carbons (Fsp3) is 0.211. The predicted molar refractivity (Wildman–Crippen MR) is 99.1 cm³/mol. The van der Waals surface area contributed by atoms with Crippen LogP contribution in [0.25, 0.3) is 27.3 Å². The van der Waals surface area contributed by atoms with Crippen molar-refractivity contribution in [3.63, 3.8) is 0 Å². The van der Waals surface area contributed by atoms with Crippen LogP contribution in [0.4, 0.5) is 0 Å². The molecular formula is C19H23Cl2NSiTi. The van der Waals surface area contributed by atoms with E-state index in [-0.39, 0.29) is 52.1 Å². The average molecular weight is 412 g/mol. The van der Waals surface area contributed by atoms with Gasteiger partial charge in [0.2, 0.25) is 0 Å². The molecule has 0 saturated heterocycles. The molecule has 3 aromatic carbocycles. The number of benzene rings is 2. The molecule has 5 heteroatoms. The second kappa shape index (κ2) is 11.2. The molecule has 3 aromatic rings. The van der Waals surface area contributed by atoms with Gasteiger partial charge in [0.25, 0.3) is 0 Å². The summed E-state index contributed by atoms with van der Waals surface area (Å²) in [4.78, 5) is 0. The molecule has 0 heterocycles. The Morgan fingerprint density at radius 1 is 0.958 bits per heavy atom. The van der Waals surface area contributed by atoms with Gasteiger partial charge in [-0.05, 0) is 6.92 Å². The van der Waals surface area contributed by atoms with Crippen LogP contribution < -0.4 is 24.8 Å². The van der Waals surface area contributed by atoms with Gasteiger partial charge in [0.05, 0.1) is 0 Å². The van der Waals surface area contributed by atoms with Crippen LogP contribution >= 0.6 is 0 Å². The second-order valence-corrected chi connectivity index (χ2v) is 7.84. The van der Waals surface area contributed by atoms with Crippen LogP contribution in [0.3, 0.4) is 0 Å². The molecule has 0 radical (unpaired) electrons. The smallest absolute Gasteiger partial charge is 1.00 e. The van der Waals surface area contributed by atoms with E-state index >= 15 is 0 Å². The summed E-state index contributed by atoms with van der Waals surface area (Å²) >= 11 is 0. The predicted octanol–water partition coefficient (Wildman–Crippen LogP) is -1.20. The summed E-state index contributed by atoms with van der Waals surface area (Å²) in [5, 5.41) is 6.74. The molecule has 1 N–H and O–H groups in total. The molecule has 0 fully saturated rings. The summed E-state index contributed by atoms with van der Waals surface area (Å²) in [6, 6.07) is 19.3. The fourth-order valence-electron chi connectivity index (χ4n) is 2.63. The molecule has 0 saturated carbocycles. The van der Waals surface area contributed by atoms with Gasteiger partial charge in [0.15, 0.2) is 0 Å². The van der Waals surface area contributed by atoms with Crippen LogP contribution in [-0.4, -0.2) is 15.8 Å². The van der Waals surface area contributed by atoms with Crippen molar-refractivity contribution in [1.29, 1.82) is 0 Å². The average Bonchev–Trinajstić information content (AvgIpc) is 2.75. The van der Waals surface area contributed by atoms with Crippen molar-refractivity contribution in [2.75, 3.05) is 0 Å². The molecule has 0 atom stereocenters. The third-order valence-corrected chi connectivity index (χ3v) is 3.46. The van der Waals surface area contributed by atoms with E-state index in [1.807, 2.05) is 19.9 Å². The Bertz CT molecular complexity index is 721. The summed E-state index contributed by atoms with van der Waals surface area (Å²) in [7, 11) is 1.09. The standard InChI is InChI=1S/C13H9.C6H14NSi.2ClH.Ti/c1-3-7-12-10(5-1)9-11-6-2-4-8-13(11)12;1-5(8)4-6(2,3)7;;;/h1-9H;4,7H,1-3,8H3;2*1H;/q2*-1;;;+4/p-2. The van der Waals surface area contributed by atoms with Crippen molar-refractivity contribution in [2.24, 2.45) is 0 Å². The van der Waals surface area contributed by atoms with Crippen LogP contribution in [-0.2, 0) is 21.7 Å². The number of fused-ring (bicyclic) bond motifs is 3. The molecule has 1 nitrogen and oxygen atoms in total. The molecular weight excluding hydrogens is 389 g/mol. The maximum absolute atomic E-state index is 7.41. The number of halogens is 2. The van der Waals surface area contributed by atoms with Gasteiger partial charge in [0.1, 0.15) is 0 Å². The maximum Gasteiger partial charge on any atom is 4.00 e. The minimum Gasteiger partial charge on any atom is -1.00 e. The third kappa shape index (κ3) is 7.60. The minimum absolute atomic E-state index is 0. The van der Waals surface area contributed by atoms with Crippen LogP contribution in [0, 0.1) is 0 Å². The number of nitrogens with one attached hydrogen (secondary N) is 1. The molecule has 0 aromatic heterocycles. The van der Waals surface area contributed by atoms with Gasteiger partial charge < -0.3 is 30.5 Å². The normalized spacial score (nSPS) is 10.9. The van der Waals surface area contributed by atoms with E-state index in [0.29, 0.717) is 0 Å². The minimum atomic E-state index is -0.355. The van der Waals surface area contributed by atoms with E-state index in [0.717, 1.165) is 10.2 Å². The van der Waals surface area contributed by atoms with E-state index in [2.05, 4.69) is 61.5 Å². The zero-order chi connectivity index (χ0) is 15.5. The summed E-state index contributed by atoms with van der Waals surface area (Å²) in [6.45, 7) is 5.87. The molecule has 0 amide bonds. The van der Waals surface area contributed by atoms with Crippen molar-refractivity contribution >= 4 is 31.8 Å². The molecule has 0 spiro atoms. The van der Waals surface area contributed by atoms with Gasteiger partial charge >= 0.3 is 21.7 Å². The zero-order valence-electron chi connectivity index (χ0n) is 14.5. The first-order chi connectivity index (χ1) is 9.87. The van der Waals surface area contributed by atoms with Crippen molar-refractivity contribution in [2.45, 2.75) is 26.3 Å². The monoisotopic (exact) mass is 411 g/mol. The number of hydrogen-bond acceptors (Lipinski definition) is 0. The summed E-state index contributed by atoms with van der Waals surface area (Å²) < 4.78 is 0. The van der Waals surface area contributed by atoms with Gasteiger partial charge in [-0.25, -0.2) is 0 Å². The Morgan fingerprint density at radius 2 is 1.33 bits per heavy atom. The Hall–Kier alpha value is -0.479. The van der Waals surface area contributed by atoms with Crippen LogP contribution in [0.5, 0.6) is 0 Å². The van der Waals surface area contributed by atoms with Crippen molar-refractivity contribution in [3.8, 4) is 0 Å². The van der Waals surface area contributed by atoms with Crippen LogP contribution in [0.15, 0.2) is 65.9 Å². The molecule has 0 aliphatic rings. The maximum atomic E-state index is 7.41. The largest absolute Gasteiger partial charge is 4.00 e. The van der Waals surface area contributed by atoms with E-state index in [4.69, 9.17) is 5.73 Å². The second-order valence-electron chi connectivity index (χ2n) is 6.26. The number of allylic oxidation sites excluding steroid dienone is 1. The summed E-state index contributed by atoms with van der Waals surface area (Å²) in [6.07, 6.45) is 2.00. The molecule has 0 bridgehead atoms. The molecule has 3 rings (SSSR count). The molecule has 126 valence electrons. The van der Waals surface area contributed by atoms with E-state index in [1.165, 1.54) is 26.7 Å². The van der Waals surface area contributed by atoms with Crippen molar-refractivity contribution in [3.05, 3.63) is 71.6 Å². The van der Waals surface area contributed by atoms with Gasteiger partial charge in [-0.1, -0.05) is 55.4 Å². The Morgan fingerprint density at radius 3 is 1.62 bits per heavy atom. The number of rotatable bonds is 1. The number of hydrogen-bond donors (Lipinski definition) is 0.